The Kier molecular flexibility index (Phi) is 4.75. The molecule has 0 bridgehead atoms. The number of carboxylic acids is 1. The fourth-order valence-electron chi connectivity index (χ4n) is 1.79. The lowest BCUT2D eigenvalue weighted by atomic mass is 10.1. The second kappa shape index (κ2) is 6.74. The molecule has 2 rings (SSSR count). The van der Waals surface area contributed by atoms with Crippen LogP contribution in [-0.2, 0) is 6.54 Å². The minimum atomic E-state index is -1.06. The first-order valence-corrected chi connectivity index (χ1v) is 6.14. The van der Waals surface area contributed by atoms with Crippen molar-refractivity contribution < 1.29 is 15.0 Å². The van der Waals surface area contributed by atoms with E-state index >= 15 is 0 Å². The van der Waals surface area contributed by atoms with Gasteiger partial charge in [0.1, 0.15) is 11.9 Å². The molecule has 2 aromatic rings. The molecule has 1 aromatic heterocycles. The van der Waals surface area contributed by atoms with Gasteiger partial charge in [-0.3, -0.25) is 0 Å². The van der Waals surface area contributed by atoms with E-state index in [4.69, 9.17) is 5.11 Å². The van der Waals surface area contributed by atoms with Crippen LogP contribution >= 0.6 is 0 Å². The highest BCUT2D eigenvalue weighted by Gasteiger charge is 2.12. The van der Waals surface area contributed by atoms with Gasteiger partial charge in [0.25, 0.3) is 0 Å². The van der Waals surface area contributed by atoms with Gasteiger partial charge in [-0.25, -0.2) is 14.8 Å². The fourth-order valence-corrected chi connectivity index (χ4v) is 1.79. The van der Waals surface area contributed by atoms with Gasteiger partial charge < -0.3 is 15.5 Å². The normalized spacial score (nSPS) is 12.1. The van der Waals surface area contributed by atoms with Crippen LogP contribution in [0.4, 0.5) is 0 Å². The highest BCUT2D eigenvalue weighted by molar-refractivity contribution is 5.88. The minimum absolute atomic E-state index is 0.0641. The van der Waals surface area contributed by atoms with E-state index < -0.39 is 12.1 Å². The van der Waals surface area contributed by atoms with Crippen LogP contribution in [0.5, 0.6) is 0 Å². The Morgan fingerprint density at radius 2 is 2.05 bits per heavy atom. The third-order valence-corrected chi connectivity index (χ3v) is 2.84. The van der Waals surface area contributed by atoms with Gasteiger partial charge in [0.2, 0.25) is 0 Å². The van der Waals surface area contributed by atoms with Crippen molar-refractivity contribution in [3.63, 3.8) is 0 Å². The molecule has 0 saturated heterocycles. The van der Waals surface area contributed by atoms with Crippen LogP contribution in [0.25, 0.3) is 0 Å². The molecule has 6 nitrogen and oxygen atoms in total. The highest BCUT2D eigenvalue weighted by Crippen LogP contribution is 2.11. The molecule has 104 valence electrons. The van der Waals surface area contributed by atoms with Crippen molar-refractivity contribution >= 4 is 5.97 Å². The molecule has 0 saturated carbocycles. The fraction of sp³-hybridized carbons (Fsp3) is 0.214. The lowest BCUT2D eigenvalue weighted by Gasteiger charge is -2.12. The van der Waals surface area contributed by atoms with Crippen molar-refractivity contribution in [1.82, 2.24) is 15.3 Å². The van der Waals surface area contributed by atoms with E-state index in [1.54, 1.807) is 0 Å². The Labute approximate surface area is 116 Å². The number of aliphatic hydroxyl groups excluding tert-OH is 1. The van der Waals surface area contributed by atoms with Gasteiger partial charge in [-0.15, -0.1) is 0 Å². The molecule has 6 heteroatoms. The predicted octanol–water partition coefficient (Wildman–Crippen LogP) is 0.998. The minimum Gasteiger partial charge on any atom is -0.478 e. The molecule has 0 amide bonds. The molecule has 0 radical (unpaired) electrons. The standard InChI is InChI=1S/C14H15N3O3/c18-13(10-4-2-1-3-5-10)8-15-7-12-11(14(19)20)6-16-9-17-12/h1-6,9,13,15,18H,7-8H2,(H,19,20). The number of carbonyl (C=O) groups is 1. The largest absolute Gasteiger partial charge is 0.478 e. The quantitative estimate of drug-likeness (QED) is 0.726. The molecule has 0 aliphatic carbocycles. The van der Waals surface area contributed by atoms with Crippen LogP contribution in [0.15, 0.2) is 42.9 Å². The smallest absolute Gasteiger partial charge is 0.339 e. The summed E-state index contributed by atoms with van der Waals surface area (Å²) in [7, 11) is 0. The Balaban J connectivity index is 1.92. The van der Waals surface area contributed by atoms with Gasteiger partial charge in [-0.05, 0) is 5.56 Å². The third kappa shape index (κ3) is 3.59. The van der Waals surface area contributed by atoms with Crippen molar-refractivity contribution in [2.45, 2.75) is 12.6 Å². The zero-order valence-corrected chi connectivity index (χ0v) is 10.7. The number of aromatic nitrogens is 2. The number of rotatable bonds is 6. The maximum Gasteiger partial charge on any atom is 0.339 e. The average molecular weight is 273 g/mol. The summed E-state index contributed by atoms with van der Waals surface area (Å²) in [4.78, 5) is 18.6. The summed E-state index contributed by atoms with van der Waals surface area (Å²) in [5.41, 5.74) is 1.27. The first kappa shape index (κ1) is 14.1. The molecular weight excluding hydrogens is 258 g/mol. The summed E-state index contributed by atoms with van der Waals surface area (Å²) in [6.07, 6.45) is 1.92. The average Bonchev–Trinajstić information content (AvgIpc) is 2.48. The number of hydrogen-bond donors (Lipinski definition) is 3. The lowest BCUT2D eigenvalue weighted by Crippen LogP contribution is -2.23. The van der Waals surface area contributed by atoms with E-state index in [0.717, 1.165) is 5.56 Å². The van der Waals surface area contributed by atoms with Crippen LogP contribution < -0.4 is 5.32 Å². The van der Waals surface area contributed by atoms with Crippen molar-refractivity contribution in [1.29, 1.82) is 0 Å². The van der Waals surface area contributed by atoms with Crippen LogP contribution in [0, 0.1) is 0 Å². The summed E-state index contributed by atoms with van der Waals surface area (Å²) in [5.74, 6) is -1.06. The summed E-state index contributed by atoms with van der Waals surface area (Å²) in [6, 6.07) is 9.25. The van der Waals surface area contributed by atoms with Crippen LogP contribution in [0.1, 0.15) is 27.7 Å². The maximum absolute atomic E-state index is 11.0. The molecule has 0 fully saturated rings. The molecule has 1 aromatic carbocycles. The van der Waals surface area contributed by atoms with E-state index in [2.05, 4.69) is 15.3 Å². The van der Waals surface area contributed by atoms with E-state index in [1.807, 2.05) is 30.3 Å². The van der Waals surface area contributed by atoms with Crippen LogP contribution in [-0.4, -0.2) is 32.7 Å². The number of aromatic carboxylic acids is 1. The molecule has 20 heavy (non-hydrogen) atoms. The number of benzene rings is 1. The van der Waals surface area contributed by atoms with Gasteiger partial charge in [0.15, 0.2) is 0 Å². The monoisotopic (exact) mass is 273 g/mol. The van der Waals surface area contributed by atoms with Gasteiger partial charge >= 0.3 is 5.97 Å². The molecule has 1 heterocycles. The Morgan fingerprint density at radius 1 is 1.30 bits per heavy atom. The lowest BCUT2D eigenvalue weighted by molar-refractivity contribution is 0.0694. The first-order valence-electron chi connectivity index (χ1n) is 6.14. The molecule has 1 atom stereocenters. The highest BCUT2D eigenvalue weighted by atomic mass is 16.4. The van der Waals surface area contributed by atoms with E-state index in [-0.39, 0.29) is 12.1 Å². The van der Waals surface area contributed by atoms with Crippen molar-refractivity contribution in [3.8, 4) is 0 Å². The maximum atomic E-state index is 11.0. The van der Waals surface area contributed by atoms with Gasteiger partial charge in [0, 0.05) is 19.3 Å². The Morgan fingerprint density at radius 3 is 2.75 bits per heavy atom. The number of carboxylic acid groups (broad SMARTS) is 1. The summed E-state index contributed by atoms with van der Waals surface area (Å²) < 4.78 is 0. The number of nitrogens with zero attached hydrogens (tertiary/aromatic N) is 2. The number of nitrogens with one attached hydrogen (secondary N) is 1. The summed E-state index contributed by atoms with van der Waals surface area (Å²) in [5, 5.41) is 22.0. The van der Waals surface area contributed by atoms with Crippen molar-refractivity contribution in [2.75, 3.05) is 6.54 Å². The van der Waals surface area contributed by atoms with E-state index in [0.29, 0.717) is 12.2 Å². The topological polar surface area (TPSA) is 95.3 Å². The number of hydrogen-bond acceptors (Lipinski definition) is 5. The second-order valence-electron chi connectivity index (χ2n) is 4.25. The molecule has 0 aliphatic rings. The zero-order valence-electron chi connectivity index (χ0n) is 10.7. The SMILES string of the molecule is O=C(O)c1cncnc1CNCC(O)c1ccccc1. The second-order valence-corrected chi connectivity index (χ2v) is 4.25. The summed E-state index contributed by atoms with van der Waals surface area (Å²) >= 11 is 0. The predicted molar refractivity (Wildman–Crippen MR) is 72.1 cm³/mol. The molecule has 1 unspecified atom stereocenters. The van der Waals surface area contributed by atoms with Crippen LogP contribution in [0.3, 0.4) is 0 Å². The summed E-state index contributed by atoms with van der Waals surface area (Å²) in [6.45, 7) is 0.571. The van der Waals surface area contributed by atoms with Crippen LogP contribution in [0.2, 0.25) is 0 Å². The molecule has 0 aliphatic heterocycles. The van der Waals surface area contributed by atoms with E-state index in [9.17, 15) is 9.90 Å². The van der Waals surface area contributed by atoms with E-state index in [1.165, 1.54) is 12.5 Å². The zero-order chi connectivity index (χ0) is 14.4. The molecule has 3 N–H and O–H groups in total. The molecule has 0 spiro atoms. The Bertz CT molecular complexity index is 575. The van der Waals surface area contributed by atoms with Crippen molar-refractivity contribution in [2.24, 2.45) is 0 Å². The Hall–Kier alpha value is -2.31. The van der Waals surface area contributed by atoms with Gasteiger partial charge in [-0.2, -0.15) is 0 Å². The number of aliphatic hydroxyl groups is 1. The molecular formula is C14H15N3O3. The third-order valence-electron chi connectivity index (χ3n) is 2.84. The van der Waals surface area contributed by atoms with Crippen molar-refractivity contribution in [3.05, 3.63) is 59.7 Å². The van der Waals surface area contributed by atoms with Gasteiger partial charge in [-0.1, -0.05) is 30.3 Å². The van der Waals surface area contributed by atoms with Gasteiger partial charge in [0.05, 0.1) is 11.8 Å². The first-order chi connectivity index (χ1) is 9.68.